The zero-order chi connectivity index (χ0) is 23.7. The summed E-state index contributed by atoms with van der Waals surface area (Å²) in [5.74, 6) is -0.358. The molecular formula is C26H27N3O5. The van der Waals surface area contributed by atoms with Crippen molar-refractivity contribution in [2.24, 2.45) is 5.92 Å². The summed E-state index contributed by atoms with van der Waals surface area (Å²) in [4.78, 5) is 28.0. The number of rotatable bonds is 5. The number of carbonyl (C=O) groups is 2. The van der Waals surface area contributed by atoms with E-state index < -0.39 is 5.97 Å². The Morgan fingerprint density at radius 1 is 1.00 bits per heavy atom. The first-order valence-corrected chi connectivity index (χ1v) is 11.4. The van der Waals surface area contributed by atoms with Gasteiger partial charge in [-0.25, -0.2) is 9.59 Å². The monoisotopic (exact) mass is 461 g/mol. The highest BCUT2D eigenvalue weighted by molar-refractivity contribution is 5.95. The fourth-order valence-electron chi connectivity index (χ4n) is 5.28. The van der Waals surface area contributed by atoms with Gasteiger partial charge in [0.15, 0.2) is 0 Å². The number of ether oxygens (including phenoxy) is 1. The molecule has 176 valence electrons. The highest BCUT2D eigenvalue weighted by Gasteiger charge is 2.39. The maximum atomic E-state index is 12.8. The summed E-state index contributed by atoms with van der Waals surface area (Å²) in [5, 5.41) is 18.5. The summed E-state index contributed by atoms with van der Waals surface area (Å²) < 4.78 is 5.79. The van der Waals surface area contributed by atoms with Gasteiger partial charge in [-0.1, -0.05) is 48.6 Å². The van der Waals surface area contributed by atoms with Crippen LogP contribution in [-0.2, 0) is 4.74 Å². The Kier molecular flexibility index (Phi) is 5.98. The van der Waals surface area contributed by atoms with Gasteiger partial charge in [-0.15, -0.1) is 0 Å². The summed E-state index contributed by atoms with van der Waals surface area (Å²) >= 11 is 0. The molecule has 1 amide bonds. The molecule has 3 N–H and O–H groups in total. The maximum Gasteiger partial charge on any atom is 0.409 e. The Morgan fingerprint density at radius 3 is 2.47 bits per heavy atom. The van der Waals surface area contributed by atoms with Gasteiger partial charge in [0.25, 0.3) is 0 Å². The number of anilines is 2. The molecule has 5 rings (SSSR count). The number of carbonyl (C=O) groups excluding carboxylic acids is 1. The standard InChI is InChI=1S/C26H27N3O5/c30-25(31)22-15-17(9-10-24(22)27-33)28-11-13-29(14-12-28)26(32)34-16-23-20-7-3-1-5-18(20)19-6-2-4-8-21(19)23/h1-10,15,18,20,23,27,33H,11-14,16H2,(H,30,31). The zero-order valence-electron chi connectivity index (χ0n) is 18.6. The number of hydrogen-bond acceptors (Lipinski definition) is 6. The number of fused-ring (bicyclic) bond motifs is 3. The number of benzene rings is 2. The Hall–Kier alpha value is -3.78. The summed E-state index contributed by atoms with van der Waals surface area (Å²) in [5.41, 5.74) is 5.33. The normalized spacial score (nSPS) is 22.8. The van der Waals surface area contributed by atoms with Crippen molar-refractivity contribution >= 4 is 23.4 Å². The van der Waals surface area contributed by atoms with Crippen LogP contribution < -0.4 is 10.4 Å². The molecule has 2 aromatic carbocycles. The third-order valence-corrected chi connectivity index (χ3v) is 7.04. The minimum atomic E-state index is -1.13. The number of hydrogen-bond donors (Lipinski definition) is 3. The maximum absolute atomic E-state index is 12.8. The average molecular weight is 462 g/mol. The molecular weight excluding hydrogens is 434 g/mol. The Labute approximate surface area is 197 Å². The quantitative estimate of drug-likeness (QED) is 0.577. The van der Waals surface area contributed by atoms with Gasteiger partial charge in [0.1, 0.15) is 6.61 Å². The molecule has 3 unspecified atom stereocenters. The van der Waals surface area contributed by atoms with E-state index in [-0.39, 0.29) is 23.3 Å². The number of nitrogens with zero attached hydrogens (tertiary/aromatic N) is 2. The second kappa shape index (κ2) is 9.23. The third-order valence-electron chi connectivity index (χ3n) is 7.04. The summed E-state index contributed by atoms with van der Waals surface area (Å²) in [6, 6.07) is 13.2. The molecule has 0 spiro atoms. The van der Waals surface area contributed by atoms with E-state index in [2.05, 4.69) is 42.5 Å². The summed E-state index contributed by atoms with van der Waals surface area (Å²) in [7, 11) is 0. The second-order valence-electron chi connectivity index (χ2n) is 8.81. The van der Waals surface area contributed by atoms with Crippen LogP contribution in [0.4, 0.5) is 16.2 Å². The molecule has 8 nitrogen and oxygen atoms in total. The van der Waals surface area contributed by atoms with Gasteiger partial charge in [0, 0.05) is 43.7 Å². The third kappa shape index (κ3) is 4.01. The smallest absolute Gasteiger partial charge is 0.409 e. The molecule has 0 aromatic heterocycles. The van der Waals surface area contributed by atoms with E-state index >= 15 is 0 Å². The van der Waals surface area contributed by atoms with Crippen LogP contribution >= 0.6 is 0 Å². The minimum absolute atomic E-state index is 0.0106. The van der Waals surface area contributed by atoms with Crippen molar-refractivity contribution < 1.29 is 24.6 Å². The van der Waals surface area contributed by atoms with Crippen molar-refractivity contribution in [2.75, 3.05) is 43.2 Å². The van der Waals surface area contributed by atoms with Crippen molar-refractivity contribution in [1.82, 2.24) is 4.90 Å². The number of allylic oxidation sites excluding steroid dienone is 4. The Bertz CT molecular complexity index is 1150. The molecule has 3 atom stereocenters. The van der Waals surface area contributed by atoms with E-state index in [4.69, 9.17) is 9.94 Å². The molecule has 0 bridgehead atoms. The Morgan fingerprint density at radius 2 is 1.74 bits per heavy atom. The lowest BCUT2D eigenvalue weighted by molar-refractivity contribution is 0.0697. The predicted octanol–water partition coefficient (Wildman–Crippen LogP) is 4.07. The van der Waals surface area contributed by atoms with Gasteiger partial charge >= 0.3 is 12.1 Å². The lowest BCUT2D eigenvalue weighted by Crippen LogP contribution is -2.49. The van der Waals surface area contributed by atoms with Crippen LogP contribution in [0.3, 0.4) is 0 Å². The van der Waals surface area contributed by atoms with Gasteiger partial charge in [-0.2, -0.15) is 0 Å². The van der Waals surface area contributed by atoms with Gasteiger partial charge in [-0.05, 0) is 35.2 Å². The largest absolute Gasteiger partial charge is 0.478 e. The molecule has 2 aliphatic carbocycles. The fraction of sp³-hybridized carbons (Fsp3) is 0.308. The number of piperazine rings is 1. The van der Waals surface area contributed by atoms with Crippen molar-refractivity contribution in [2.45, 2.75) is 11.8 Å². The fourth-order valence-corrected chi connectivity index (χ4v) is 5.28. The number of carboxylic acid groups (broad SMARTS) is 1. The molecule has 0 saturated carbocycles. The van der Waals surface area contributed by atoms with Crippen molar-refractivity contribution in [1.29, 1.82) is 0 Å². The van der Waals surface area contributed by atoms with Crippen molar-refractivity contribution in [3.63, 3.8) is 0 Å². The first-order valence-electron chi connectivity index (χ1n) is 11.4. The molecule has 1 saturated heterocycles. The lowest BCUT2D eigenvalue weighted by Gasteiger charge is -2.36. The highest BCUT2D eigenvalue weighted by Crippen LogP contribution is 2.49. The van der Waals surface area contributed by atoms with Crippen LogP contribution in [-0.4, -0.2) is 60.1 Å². The van der Waals surface area contributed by atoms with Crippen LogP contribution in [0.1, 0.15) is 33.3 Å². The van der Waals surface area contributed by atoms with E-state index in [1.54, 1.807) is 11.0 Å². The van der Waals surface area contributed by atoms with Crippen LogP contribution in [0, 0.1) is 5.92 Å². The zero-order valence-corrected chi connectivity index (χ0v) is 18.6. The SMILES string of the molecule is O=C(O)c1cc(N2CCN(C(=O)OCC3c4ccccc4C4C=CC=CC43)CC2)ccc1NO. The highest BCUT2D eigenvalue weighted by atomic mass is 16.6. The van der Waals surface area contributed by atoms with E-state index in [1.165, 1.54) is 23.3 Å². The summed E-state index contributed by atoms with van der Waals surface area (Å²) in [6.45, 7) is 2.43. The van der Waals surface area contributed by atoms with Crippen LogP contribution in [0.25, 0.3) is 0 Å². The van der Waals surface area contributed by atoms with Crippen molar-refractivity contribution in [3.8, 4) is 0 Å². The Balaban J connectivity index is 1.20. The molecule has 1 heterocycles. The molecule has 8 heteroatoms. The first-order chi connectivity index (χ1) is 16.6. The number of aromatic carboxylic acids is 1. The summed E-state index contributed by atoms with van der Waals surface area (Å²) in [6.07, 6.45) is 8.27. The van der Waals surface area contributed by atoms with E-state index in [1.807, 2.05) is 16.4 Å². The van der Waals surface area contributed by atoms with Crippen LogP contribution in [0.15, 0.2) is 66.8 Å². The van der Waals surface area contributed by atoms with Gasteiger partial charge in [0.05, 0.1) is 11.3 Å². The number of nitrogens with one attached hydrogen (secondary N) is 1. The first kappa shape index (κ1) is 22.0. The van der Waals surface area contributed by atoms with Crippen molar-refractivity contribution in [3.05, 3.63) is 83.5 Å². The molecule has 1 fully saturated rings. The molecule has 2 aromatic rings. The topological polar surface area (TPSA) is 102 Å². The number of carboxylic acids is 1. The molecule has 34 heavy (non-hydrogen) atoms. The predicted molar refractivity (Wildman–Crippen MR) is 128 cm³/mol. The molecule has 0 radical (unpaired) electrons. The van der Waals surface area contributed by atoms with Gasteiger partial charge in [-0.3, -0.25) is 10.7 Å². The van der Waals surface area contributed by atoms with Crippen LogP contribution in [0.5, 0.6) is 0 Å². The molecule has 1 aliphatic heterocycles. The minimum Gasteiger partial charge on any atom is -0.478 e. The van der Waals surface area contributed by atoms with Gasteiger partial charge in [0.2, 0.25) is 0 Å². The average Bonchev–Trinajstić information content (AvgIpc) is 3.20. The second-order valence-corrected chi connectivity index (χ2v) is 8.81. The van der Waals surface area contributed by atoms with Crippen LogP contribution in [0.2, 0.25) is 0 Å². The lowest BCUT2D eigenvalue weighted by atomic mass is 9.84. The van der Waals surface area contributed by atoms with E-state index in [0.717, 1.165) is 5.69 Å². The van der Waals surface area contributed by atoms with Gasteiger partial charge < -0.3 is 19.6 Å². The molecule has 3 aliphatic rings. The number of amides is 1. The van der Waals surface area contributed by atoms with E-state index in [0.29, 0.717) is 44.6 Å². The van der Waals surface area contributed by atoms with E-state index in [9.17, 15) is 14.7 Å².